The van der Waals surface area contributed by atoms with Gasteiger partial charge in [-0.1, -0.05) is 20.3 Å². The molecule has 1 N–H and O–H groups in total. The second-order valence-electron chi connectivity index (χ2n) is 5.39. The molecular weight excluding hydrogens is 202 g/mol. The van der Waals surface area contributed by atoms with Crippen LogP contribution in [0.3, 0.4) is 0 Å². The first-order chi connectivity index (χ1) is 7.77. The lowest BCUT2D eigenvalue weighted by atomic mass is 9.78. The minimum atomic E-state index is 0.259. The molecule has 2 rings (SSSR count). The lowest BCUT2D eigenvalue weighted by Gasteiger charge is -2.36. The molecular formula is C13H25NO2. The first kappa shape index (κ1) is 12.3. The minimum Gasteiger partial charge on any atom is -0.376 e. The molecule has 3 heteroatoms. The predicted octanol–water partition coefficient (Wildman–Crippen LogP) is 1.82. The smallest absolute Gasteiger partial charge is 0.0933 e. The molecule has 0 aromatic carbocycles. The molecule has 1 saturated heterocycles. The van der Waals surface area contributed by atoms with Gasteiger partial charge in [0.05, 0.1) is 25.9 Å². The summed E-state index contributed by atoms with van der Waals surface area (Å²) in [6, 6.07) is 0.666. The summed E-state index contributed by atoms with van der Waals surface area (Å²) in [4.78, 5) is 0. The van der Waals surface area contributed by atoms with Crippen LogP contribution >= 0.6 is 0 Å². The summed E-state index contributed by atoms with van der Waals surface area (Å²) in [5, 5.41) is 3.69. The van der Waals surface area contributed by atoms with E-state index in [9.17, 15) is 0 Å². The standard InChI is InChI=1S/C13H25NO2/c1-10-4-3-5-11(2)13(10)14-8-12-9-15-6-7-16-12/h10-14H,3-9H2,1-2H3. The highest BCUT2D eigenvalue weighted by molar-refractivity contribution is 4.84. The van der Waals surface area contributed by atoms with Crippen LogP contribution in [0, 0.1) is 11.8 Å². The SMILES string of the molecule is CC1CCCC(C)C1NCC1COCCO1. The summed E-state index contributed by atoms with van der Waals surface area (Å²) in [5.74, 6) is 1.60. The molecule has 0 bridgehead atoms. The first-order valence-corrected chi connectivity index (χ1v) is 6.70. The van der Waals surface area contributed by atoms with Crippen LogP contribution in [0.15, 0.2) is 0 Å². The average molecular weight is 227 g/mol. The molecule has 94 valence electrons. The molecule has 0 spiro atoms. The maximum atomic E-state index is 5.65. The van der Waals surface area contributed by atoms with Crippen molar-refractivity contribution in [2.75, 3.05) is 26.4 Å². The summed E-state index contributed by atoms with van der Waals surface area (Å²) in [6.45, 7) is 7.94. The van der Waals surface area contributed by atoms with Gasteiger partial charge < -0.3 is 14.8 Å². The van der Waals surface area contributed by atoms with Gasteiger partial charge in [-0.05, 0) is 24.7 Å². The Morgan fingerprint density at radius 3 is 2.50 bits per heavy atom. The van der Waals surface area contributed by atoms with Crippen molar-refractivity contribution in [2.24, 2.45) is 11.8 Å². The van der Waals surface area contributed by atoms with E-state index in [0.29, 0.717) is 6.04 Å². The number of rotatable bonds is 3. The Morgan fingerprint density at radius 1 is 1.12 bits per heavy atom. The van der Waals surface area contributed by atoms with Crippen molar-refractivity contribution in [1.29, 1.82) is 0 Å². The van der Waals surface area contributed by atoms with Crippen molar-refractivity contribution in [1.82, 2.24) is 5.32 Å². The van der Waals surface area contributed by atoms with Gasteiger partial charge in [-0.3, -0.25) is 0 Å². The molecule has 3 atom stereocenters. The topological polar surface area (TPSA) is 30.5 Å². The summed E-state index contributed by atoms with van der Waals surface area (Å²) < 4.78 is 11.1. The molecule has 1 saturated carbocycles. The van der Waals surface area contributed by atoms with Gasteiger partial charge >= 0.3 is 0 Å². The Labute approximate surface area is 98.9 Å². The Kier molecular flexibility index (Phi) is 4.62. The zero-order valence-corrected chi connectivity index (χ0v) is 10.6. The van der Waals surface area contributed by atoms with Crippen LogP contribution in [0.5, 0.6) is 0 Å². The molecule has 1 heterocycles. The van der Waals surface area contributed by atoms with Gasteiger partial charge in [0, 0.05) is 12.6 Å². The van der Waals surface area contributed by atoms with Crippen LogP contribution in [0.4, 0.5) is 0 Å². The third kappa shape index (κ3) is 3.19. The number of hydrogen-bond acceptors (Lipinski definition) is 3. The molecule has 1 aliphatic carbocycles. The van der Waals surface area contributed by atoms with Crippen molar-refractivity contribution in [3.05, 3.63) is 0 Å². The molecule has 0 amide bonds. The molecule has 16 heavy (non-hydrogen) atoms. The minimum absolute atomic E-state index is 0.259. The summed E-state index contributed by atoms with van der Waals surface area (Å²) in [5.41, 5.74) is 0. The number of nitrogens with one attached hydrogen (secondary N) is 1. The largest absolute Gasteiger partial charge is 0.376 e. The lowest BCUT2D eigenvalue weighted by molar-refractivity contribution is -0.0882. The highest BCUT2D eigenvalue weighted by Gasteiger charge is 2.28. The van der Waals surface area contributed by atoms with Gasteiger partial charge in [-0.2, -0.15) is 0 Å². The van der Waals surface area contributed by atoms with E-state index in [1.807, 2.05) is 0 Å². The quantitative estimate of drug-likeness (QED) is 0.797. The van der Waals surface area contributed by atoms with Gasteiger partial charge in [0.15, 0.2) is 0 Å². The zero-order chi connectivity index (χ0) is 11.4. The van der Waals surface area contributed by atoms with E-state index in [2.05, 4.69) is 19.2 Å². The zero-order valence-electron chi connectivity index (χ0n) is 10.6. The van der Waals surface area contributed by atoms with Gasteiger partial charge in [0.2, 0.25) is 0 Å². The normalized spacial score (nSPS) is 40.9. The van der Waals surface area contributed by atoms with Crippen LogP contribution in [0.25, 0.3) is 0 Å². The van der Waals surface area contributed by atoms with Gasteiger partial charge in [0.1, 0.15) is 0 Å². The second-order valence-corrected chi connectivity index (χ2v) is 5.39. The van der Waals surface area contributed by atoms with E-state index in [4.69, 9.17) is 9.47 Å². The fourth-order valence-corrected chi connectivity index (χ4v) is 3.01. The van der Waals surface area contributed by atoms with Crippen LogP contribution in [0.1, 0.15) is 33.1 Å². The van der Waals surface area contributed by atoms with Crippen molar-refractivity contribution < 1.29 is 9.47 Å². The number of ether oxygens (including phenoxy) is 2. The van der Waals surface area contributed by atoms with E-state index in [0.717, 1.165) is 38.2 Å². The van der Waals surface area contributed by atoms with Crippen LogP contribution in [-0.4, -0.2) is 38.5 Å². The Bertz CT molecular complexity index is 194. The third-order valence-electron chi connectivity index (χ3n) is 4.01. The molecule has 2 aliphatic rings. The Hall–Kier alpha value is -0.120. The fourth-order valence-electron chi connectivity index (χ4n) is 3.01. The lowest BCUT2D eigenvalue weighted by Crippen LogP contribution is -2.47. The van der Waals surface area contributed by atoms with Crippen LogP contribution in [-0.2, 0) is 9.47 Å². The van der Waals surface area contributed by atoms with E-state index in [1.54, 1.807) is 0 Å². The van der Waals surface area contributed by atoms with Gasteiger partial charge in [-0.25, -0.2) is 0 Å². The summed E-state index contributed by atoms with van der Waals surface area (Å²) in [6.07, 6.45) is 4.38. The third-order valence-corrected chi connectivity index (χ3v) is 4.01. The van der Waals surface area contributed by atoms with Crippen molar-refractivity contribution in [2.45, 2.75) is 45.3 Å². The fraction of sp³-hybridized carbons (Fsp3) is 1.00. The predicted molar refractivity (Wildman–Crippen MR) is 64.5 cm³/mol. The van der Waals surface area contributed by atoms with Gasteiger partial charge in [-0.15, -0.1) is 0 Å². The molecule has 0 aromatic rings. The maximum Gasteiger partial charge on any atom is 0.0933 e. The van der Waals surface area contributed by atoms with E-state index in [-0.39, 0.29) is 6.10 Å². The Morgan fingerprint density at radius 2 is 1.88 bits per heavy atom. The summed E-state index contributed by atoms with van der Waals surface area (Å²) >= 11 is 0. The highest BCUT2D eigenvalue weighted by Crippen LogP contribution is 2.28. The average Bonchev–Trinajstić information content (AvgIpc) is 2.30. The molecule has 2 fully saturated rings. The number of hydrogen-bond donors (Lipinski definition) is 1. The molecule has 3 nitrogen and oxygen atoms in total. The molecule has 0 aromatic heterocycles. The van der Waals surface area contributed by atoms with Crippen LogP contribution < -0.4 is 5.32 Å². The van der Waals surface area contributed by atoms with E-state index in [1.165, 1.54) is 19.3 Å². The van der Waals surface area contributed by atoms with Crippen molar-refractivity contribution in [3.63, 3.8) is 0 Å². The molecule has 0 radical (unpaired) electrons. The highest BCUT2D eigenvalue weighted by atomic mass is 16.6. The summed E-state index contributed by atoms with van der Waals surface area (Å²) in [7, 11) is 0. The first-order valence-electron chi connectivity index (χ1n) is 6.70. The van der Waals surface area contributed by atoms with Crippen molar-refractivity contribution in [3.8, 4) is 0 Å². The van der Waals surface area contributed by atoms with E-state index < -0.39 is 0 Å². The second kappa shape index (κ2) is 5.99. The van der Waals surface area contributed by atoms with Crippen LogP contribution in [0.2, 0.25) is 0 Å². The molecule has 1 aliphatic heterocycles. The molecule has 3 unspecified atom stereocenters. The van der Waals surface area contributed by atoms with E-state index >= 15 is 0 Å². The monoisotopic (exact) mass is 227 g/mol. The maximum absolute atomic E-state index is 5.65. The van der Waals surface area contributed by atoms with Gasteiger partial charge in [0.25, 0.3) is 0 Å². The Balaban J connectivity index is 1.74. The van der Waals surface area contributed by atoms with Crippen molar-refractivity contribution >= 4 is 0 Å².